The van der Waals surface area contributed by atoms with Crippen LogP contribution in [0.2, 0.25) is 0 Å². The lowest BCUT2D eigenvalue weighted by atomic mass is 9.56. The largest absolute Gasteiger partial charge is 0.366 e. The van der Waals surface area contributed by atoms with Gasteiger partial charge in [-0.3, -0.25) is 4.79 Å². The maximum atomic E-state index is 11.4. The van der Waals surface area contributed by atoms with Crippen LogP contribution in [0.1, 0.15) is 72.9 Å². The van der Waals surface area contributed by atoms with Crippen LogP contribution in [-0.2, 0) is 6.42 Å². The van der Waals surface area contributed by atoms with E-state index in [1.807, 2.05) is 6.07 Å². The van der Waals surface area contributed by atoms with Gasteiger partial charge in [-0.1, -0.05) is 19.4 Å². The summed E-state index contributed by atoms with van der Waals surface area (Å²) in [6.45, 7) is 2.53. The van der Waals surface area contributed by atoms with Crippen LogP contribution in [0.15, 0.2) is 18.2 Å². The van der Waals surface area contributed by atoms with Gasteiger partial charge in [-0.05, 0) is 85.0 Å². The average molecular weight is 283 g/mol. The molecule has 3 aliphatic carbocycles. The van der Waals surface area contributed by atoms with E-state index in [4.69, 9.17) is 5.73 Å². The Morgan fingerprint density at radius 1 is 1.24 bits per heavy atom. The number of hydrogen-bond donors (Lipinski definition) is 1. The molecule has 1 aromatic carbocycles. The number of primary amides is 1. The number of fused-ring (bicyclic) bond motifs is 5. The van der Waals surface area contributed by atoms with Gasteiger partial charge >= 0.3 is 0 Å². The van der Waals surface area contributed by atoms with Crippen molar-refractivity contribution in [1.29, 1.82) is 0 Å². The minimum absolute atomic E-state index is 0.299. The second-order valence-corrected chi connectivity index (χ2v) is 7.78. The van der Waals surface area contributed by atoms with Crippen molar-refractivity contribution in [2.24, 2.45) is 23.0 Å². The Labute approximate surface area is 127 Å². The van der Waals surface area contributed by atoms with E-state index in [9.17, 15) is 4.79 Å². The third kappa shape index (κ3) is 1.95. The molecule has 1 aromatic rings. The zero-order chi connectivity index (χ0) is 14.6. The molecule has 0 aromatic heterocycles. The molecule has 3 aliphatic rings. The molecule has 0 heterocycles. The molecule has 1 amide bonds. The first-order valence-electron chi connectivity index (χ1n) is 8.51. The molecule has 2 fully saturated rings. The van der Waals surface area contributed by atoms with Gasteiger partial charge in [0.25, 0.3) is 0 Å². The van der Waals surface area contributed by atoms with Crippen LogP contribution in [0.3, 0.4) is 0 Å². The maximum Gasteiger partial charge on any atom is 0.248 e. The number of rotatable bonds is 1. The molecule has 4 rings (SSSR count). The van der Waals surface area contributed by atoms with Crippen molar-refractivity contribution in [3.05, 3.63) is 34.9 Å². The van der Waals surface area contributed by atoms with Crippen molar-refractivity contribution in [2.45, 2.75) is 57.8 Å². The van der Waals surface area contributed by atoms with E-state index in [1.54, 1.807) is 0 Å². The first-order valence-corrected chi connectivity index (χ1v) is 8.51. The summed E-state index contributed by atoms with van der Waals surface area (Å²) in [5.41, 5.74) is 9.62. The third-order valence-electron chi connectivity index (χ3n) is 6.79. The van der Waals surface area contributed by atoms with E-state index in [2.05, 4.69) is 19.1 Å². The van der Waals surface area contributed by atoms with E-state index in [0.29, 0.717) is 11.0 Å². The van der Waals surface area contributed by atoms with Crippen LogP contribution in [0.5, 0.6) is 0 Å². The molecule has 112 valence electrons. The molecule has 2 saturated carbocycles. The van der Waals surface area contributed by atoms with Crippen LogP contribution in [0.4, 0.5) is 0 Å². The summed E-state index contributed by atoms with van der Waals surface area (Å²) in [6, 6.07) is 6.19. The number of carbonyl (C=O) groups excluding carboxylic acids is 1. The molecule has 0 aliphatic heterocycles. The molecule has 2 nitrogen and oxygen atoms in total. The Bertz CT molecular complexity index is 593. The van der Waals surface area contributed by atoms with Gasteiger partial charge in [0, 0.05) is 5.56 Å². The van der Waals surface area contributed by atoms with Gasteiger partial charge in [-0.15, -0.1) is 0 Å². The number of nitrogens with two attached hydrogens (primary N) is 1. The van der Waals surface area contributed by atoms with Crippen LogP contribution >= 0.6 is 0 Å². The normalized spacial score (nSPS) is 37.5. The molecule has 0 unspecified atom stereocenters. The van der Waals surface area contributed by atoms with E-state index in [-0.39, 0.29) is 5.91 Å². The van der Waals surface area contributed by atoms with Crippen molar-refractivity contribution in [3.63, 3.8) is 0 Å². The second-order valence-electron chi connectivity index (χ2n) is 7.78. The number of hydrogen-bond acceptors (Lipinski definition) is 1. The number of amides is 1. The van der Waals surface area contributed by atoms with Gasteiger partial charge in [0.1, 0.15) is 0 Å². The molecule has 0 radical (unpaired) electrons. The smallest absolute Gasteiger partial charge is 0.248 e. The Hall–Kier alpha value is -1.31. The lowest BCUT2D eigenvalue weighted by Crippen LogP contribution is -2.39. The van der Waals surface area contributed by atoms with Gasteiger partial charge in [-0.25, -0.2) is 0 Å². The van der Waals surface area contributed by atoms with Gasteiger partial charge in [0.15, 0.2) is 0 Å². The lowest BCUT2D eigenvalue weighted by Gasteiger charge is -2.49. The van der Waals surface area contributed by atoms with Crippen molar-refractivity contribution in [3.8, 4) is 0 Å². The Morgan fingerprint density at radius 2 is 2.10 bits per heavy atom. The second kappa shape index (κ2) is 4.59. The van der Waals surface area contributed by atoms with Crippen molar-refractivity contribution in [1.82, 2.24) is 0 Å². The number of aryl methyl sites for hydroxylation is 1. The Kier molecular flexibility index (Phi) is 2.92. The monoisotopic (exact) mass is 283 g/mol. The predicted octanol–water partition coefficient (Wildman–Crippen LogP) is 4.03. The van der Waals surface area contributed by atoms with E-state index < -0.39 is 0 Å². The quantitative estimate of drug-likeness (QED) is 0.830. The van der Waals surface area contributed by atoms with Crippen LogP contribution < -0.4 is 5.73 Å². The predicted molar refractivity (Wildman–Crippen MR) is 84.2 cm³/mol. The minimum Gasteiger partial charge on any atom is -0.366 e. The van der Waals surface area contributed by atoms with Crippen molar-refractivity contribution < 1.29 is 4.79 Å². The third-order valence-corrected chi connectivity index (χ3v) is 6.79. The number of carbonyl (C=O) groups is 1. The van der Waals surface area contributed by atoms with Crippen molar-refractivity contribution >= 4 is 5.91 Å². The summed E-state index contributed by atoms with van der Waals surface area (Å²) >= 11 is 0. The highest BCUT2D eigenvalue weighted by Crippen LogP contribution is 2.60. The van der Waals surface area contributed by atoms with Gasteiger partial charge in [0.05, 0.1) is 0 Å². The highest BCUT2D eigenvalue weighted by molar-refractivity contribution is 5.93. The summed E-state index contributed by atoms with van der Waals surface area (Å²) < 4.78 is 0. The molecule has 2 N–H and O–H groups in total. The number of benzene rings is 1. The van der Waals surface area contributed by atoms with Crippen LogP contribution in [0, 0.1) is 17.3 Å². The zero-order valence-electron chi connectivity index (χ0n) is 12.9. The van der Waals surface area contributed by atoms with Crippen LogP contribution in [-0.4, -0.2) is 5.91 Å². The van der Waals surface area contributed by atoms with Gasteiger partial charge in [-0.2, -0.15) is 0 Å². The fourth-order valence-corrected chi connectivity index (χ4v) is 5.73. The Balaban J connectivity index is 1.69. The summed E-state index contributed by atoms with van der Waals surface area (Å²) in [5, 5.41) is 0. The highest BCUT2D eigenvalue weighted by Gasteiger charge is 2.50. The van der Waals surface area contributed by atoms with Gasteiger partial charge < -0.3 is 5.73 Å². The summed E-state index contributed by atoms with van der Waals surface area (Å²) in [6.07, 6.45) is 9.46. The van der Waals surface area contributed by atoms with Crippen LogP contribution in [0.25, 0.3) is 0 Å². The van der Waals surface area contributed by atoms with Gasteiger partial charge in [0.2, 0.25) is 5.91 Å². The molecule has 21 heavy (non-hydrogen) atoms. The standard InChI is InChI=1S/C19H25NO/c1-19-9-2-3-17(19)16-7-4-12-11-13(18(20)21)5-6-14(12)15(16)8-10-19/h5-6,11,15-17H,2-4,7-10H2,1H3,(H2,20,21)/t15-,16-,17+,19+/m1/s1. The van der Waals surface area contributed by atoms with E-state index in [0.717, 1.165) is 24.2 Å². The molecular formula is C19H25NO. The maximum absolute atomic E-state index is 11.4. The summed E-state index contributed by atoms with van der Waals surface area (Å²) in [5.74, 6) is 2.23. The lowest BCUT2D eigenvalue weighted by molar-refractivity contribution is 0.0598. The molecular weight excluding hydrogens is 258 g/mol. The molecule has 4 atom stereocenters. The van der Waals surface area contributed by atoms with E-state index in [1.165, 1.54) is 49.7 Å². The fraction of sp³-hybridized carbons (Fsp3) is 0.632. The summed E-state index contributed by atoms with van der Waals surface area (Å²) in [7, 11) is 0. The first kappa shape index (κ1) is 13.4. The summed E-state index contributed by atoms with van der Waals surface area (Å²) in [4.78, 5) is 11.4. The minimum atomic E-state index is -0.299. The zero-order valence-corrected chi connectivity index (χ0v) is 12.9. The molecule has 0 bridgehead atoms. The highest BCUT2D eigenvalue weighted by atomic mass is 16.1. The molecule has 0 spiro atoms. The first-order chi connectivity index (χ1) is 10.1. The fourth-order valence-electron chi connectivity index (χ4n) is 5.73. The van der Waals surface area contributed by atoms with E-state index >= 15 is 0 Å². The SMILES string of the molecule is C[C@@]12CCC[C@H]1[C@@H]1CCc3cc(C(N)=O)ccc3[C@H]1CC2. The molecule has 0 saturated heterocycles. The average Bonchev–Trinajstić information content (AvgIpc) is 2.88. The molecule has 2 heteroatoms. The topological polar surface area (TPSA) is 43.1 Å². The van der Waals surface area contributed by atoms with Crippen molar-refractivity contribution in [2.75, 3.05) is 0 Å². The Morgan fingerprint density at radius 3 is 2.90 bits per heavy atom.